The number of carboxylic acids is 1. The molecule has 5 aliphatic rings. The van der Waals surface area contributed by atoms with Crippen LogP contribution in [0.4, 0.5) is 0 Å². The topological polar surface area (TPSA) is 54.4 Å². The minimum atomic E-state index is -0.682. The first-order valence-corrected chi connectivity index (χ1v) is 16.8. The molecule has 5 fully saturated rings. The molecular weight excluding hydrogens is 492 g/mol. The second-order valence-electron chi connectivity index (χ2n) is 16.1. The first kappa shape index (κ1) is 28.5. The molecule has 0 spiro atoms. The Morgan fingerprint density at radius 3 is 2.45 bits per heavy atom. The smallest absolute Gasteiger partial charge is 0.303 e. The molecule has 0 saturated heterocycles. The Hall–Kier alpha value is -1.64. The summed E-state index contributed by atoms with van der Waals surface area (Å²) >= 11 is 0. The van der Waals surface area contributed by atoms with Crippen LogP contribution in [0.25, 0.3) is 0 Å². The van der Waals surface area contributed by atoms with Gasteiger partial charge in [-0.05, 0) is 140 Å². The molecule has 3 heteroatoms. The Balaban J connectivity index is 1.19. The van der Waals surface area contributed by atoms with Crippen LogP contribution in [0.15, 0.2) is 24.3 Å². The predicted octanol–water partition coefficient (Wildman–Crippen LogP) is 9.06. The number of ketones is 1. The van der Waals surface area contributed by atoms with Gasteiger partial charge >= 0.3 is 5.97 Å². The first-order valence-electron chi connectivity index (χ1n) is 16.8. The highest BCUT2D eigenvalue weighted by molar-refractivity contribution is 5.85. The molecule has 1 aromatic rings. The summed E-state index contributed by atoms with van der Waals surface area (Å²) in [4.78, 5) is 23.9. The number of rotatable bonds is 7. The van der Waals surface area contributed by atoms with Crippen LogP contribution in [0.1, 0.15) is 129 Å². The fourth-order valence-electron chi connectivity index (χ4n) is 12.4. The van der Waals surface area contributed by atoms with Gasteiger partial charge in [0.25, 0.3) is 0 Å². The van der Waals surface area contributed by atoms with Crippen molar-refractivity contribution in [1.29, 1.82) is 0 Å². The van der Waals surface area contributed by atoms with Crippen molar-refractivity contribution in [3.63, 3.8) is 0 Å². The maximum Gasteiger partial charge on any atom is 0.303 e. The lowest BCUT2D eigenvalue weighted by Crippen LogP contribution is -2.62. The monoisotopic (exact) mass is 546 g/mol. The molecule has 0 bridgehead atoms. The van der Waals surface area contributed by atoms with Crippen LogP contribution in [0.5, 0.6) is 0 Å². The number of Topliss-reactive ketones (excluding diaryl/α,β-unsaturated/α-hetero) is 1. The van der Waals surface area contributed by atoms with Crippen LogP contribution in [0.3, 0.4) is 0 Å². The third kappa shape index (κ3) is 4.51. The fraction of sp³-hybridized carbons (Fsp3) is 0.784. The van der Waals surface area contributed by atoms with Crippen LogP contribution in [0.2, 0.25) is 0 Å². The molecule has 0 aromatic heterocycles. The van der Waals surface area contributed by atoms with Gasteiger partial charge in [-0.15, -0.1) is 0 Å². The normalized spacial score (nSPS) is 41.9. The van der Waals surface area contributed by atoms with Crippen molar-refractivity contribution in [1.82, 2.24) is 0 Å². The molecule has 8 atom stereocenters. The Labute approximate surface area is 243 Å². The SMILES string of the molecule is CC1(C)C(=O)CCC2(C)C1CCC1(C)C3CCC4(Cc5cccc(CCCCC(=O)O)c5)CCCC4C3CCC12. The number of hydrogen-bond acceptors (Lipinski definition) is 2. The summed E-state index contributed by atoms with van der Waals surface area (Å²) in [5.74, 6) is 3.79. The summed E-state index contributed by atoms with van der Waals surface area (Å²) in [6.07, 6.45) is 18.6. The van der Waals surface area contributed by atoms with Crippen LogP contribution >= 0.6 is 0 Å². The van der Waals surface area contributed by atoms with Gasteiger partial charge in [0.15, 0.2) is 0 Å². The minimum absolute atomic E-state index is 0.150. The zero-order chi connectivity index (χ0) is 28.3. The largest absolute Gasteiger partial charge is 0.481 e. The molecule has 1 aromatic carbocycles. The lowest BCUT2D eigenvalue weighted by atomic mass is 9.36. The van der Waals surface area contributed by atoms with E-state index in [1.54, 1.807) is 0 Å². The molecule has 5 aliphatic carbocycles. The Morgan fingerprint density at radius 2 is 1.65 bits per heavy atom. The van der Waals surface area contributed by atoms with Gasteiger partial charge in [-0.1, -0.05) is 58.4 Å². The Morgan fingerprint density at radius 1 is 0.850 bits per heavy atom. The highest BCUT2D eigenvalue weighted by Crippen LogP contribution is 2.72. The molecule has 0 amide bonds. The number of aryl methyl sites for hydroxylation is 1. The maximum absolute atomic E-state index is 13.0. The van der Waals surface area contributed by atoms with Crippen molar-refractivity contribution >= 4 is 11.8 Å². The molecule has 0 heterocycles. The zero-order valence-corrected chi connectivity index (χ0v) is 25.8. The number of carbonyl (C=O) groups is 2. The molecule has 40 heavy (non-hydrogen) atoms. The second-order valence-corrected chi connectivity index (χ2v) is 16.1. The van der Waals surface area contributed by atoms with Gasteiger partial charge in [0.05, 0.1) is 0 Å². The maximum atomic E-state index is 13.0. The quantitative estimate of drug-likeness (QED) is 0.347. The average Bonchev–Trinajstić information content (AvgIpc) is 3.33. The van der Waals surface area contributed by atoms with E-state index in [2.05, 4.69) is 52.0 Å². The number of aliphatic carboxylic acids is 1. The second kappa shape index (κ2) is 10.3. The van der Waals surface area contributed by atoms with Crippen molar-refractivity contribution in [3.8, 4) is 0 Å². The number of benzene rings is 1. The van der Waals surface area contributed by atoms with Crippen LogP contribution in [-0.2, 0) is 22.4 Å². The van der Waals surface area contributed by atoms with Crippen LogP contribution in [0, 0.1) is 51.2 Å². The summed E-state index contributed by atoms with van der Waals surface area (Å²) in [5, 5.41) is 8.97. The van der Waals surface area contributed by atoms with Crippen LogP contribution < -0.4 is 0 Å². The lowest BCUT2D eigenvalue weighted by molar-refractivity contribution is -0.196. The Kier molecular flexibility index (Phi) is 7.31. The van der Waals surface area contributed by atoms with E-state index in [0.717, 1.165) is 55.8 Å². The van der Waals surface area contributed by atoms with Gasteiger partial charge in [-0.2, -0.15) is 0 Å². The molecular formula is C37H54O3. The lowest BCUT2D eigenvalue weighted by Gasteiger charge is -2.68. The number of fused-ring (bicyclic) bond motifs is 7. The van der Waals surface area contributed by atoms with E-state index in [-0.39, 0.29) is 11.8 Å². The average molecular weight is 547 g/mol. The van der Waals surface area contributed by atoms with Crippen molar-refractivity contribution in [2.75, 3.05) is 0 Å². The van der Waals surface area contributed by atoms with Crippen molar-refractivity contribution in [3.05, 3.63) is 35.4 Å². The summed E-state index contributed by atoms with van der Waals surface area (Å²) in [7, 11) is 0. The van der Waals surface area contributed by atoms with Gasteiger partial charge in [0, 0.05) is 18.3 Å². The van der Waals surface area contributed by atoms with Gasteiger partial charge in [-0.3, -0.25) is 9.59 Å². The number of carboxylic acid groups (broad SMARTS) is 1. The van der Waals surface area contributed by atoms with E-state index >= 15 is 0 Å². The molecule has 0 radical (unpaired) electrons. The molecule has 220 valence electrons. The predicted molar refractivity (Wildman–Crippen MR) is 161 cm³/mol. The third-order valence-corrected chi connectivity index (χ3v) is 14.1. The minimum Gasteiger partial charge on any atom is -0.481 e. The summed E-state index contributed by atoms with van der Waals surface area (Å²) in [6.45, 7) is 9.84. The zero-order valence-electron chi connectivity index (χ0n) is 25.8. The Bertz CT molecular complexity index is 1140. The summed E-state index contributed by atoms with van der Waals surface area (Å²) < 4.78 is 0. The van der Waals surface area contributed by atoms with E-state index < -0.39 is 5.97 Å². The molecule has 8 unspecified atom stereocenters. The first-order chi connectivity index (χ1) is 19.0. The van der Waals surface area contributed by atoms with Crippen LogP contribution in [-0.4, -0.2) is 16.9 Å². The van der Waals surface area contributed by atoms with E-state index in [0.29, 0.717) is 27.9 Å². The summed E-state index contributed by atoms with van der Waals surface area (Å²) in [5.41, 5.74) is 3.99. The number of hydrogen-bond donors (Lipinski definition) is 1. The van der Waals surface area contributed by atoms with E-state index in [4.69, 9.17) is 5.11 Å². The summed E-state index contributed by atoms with van der Waals surface area (Å²) in [6, 6.07) is 9.30. The molecule has 3 nitrogen and oxygen atoms in total. The molecule has 0 aliphatic heterocycles. The van der Waals surface area contributed by atoms with Gasteiger partial charge in [0.1, 0.15) is 5.78 Å². The highest BCUT2D eigenvalue weighted by Gasteiger charge is 2.66. The van der Waals surface area contributed by atoms with E-state index in [1.807, 2.05) is 0 Å². The van der Waals surface area contributed by atoms with E-state index in [1.165, 1.54) is 75.3 Å². The van der Waals surface area contributed by atoms with Gasteiger partial charge in [-0.25, -0.2) is 0 Å². The third-order valence-electron chi connectivity index (χ3n) is 14.1. The van der Waals surface area contributed by atoms with Gasteiger partial charge < -0.3 is 5.11 Å². The molecule has 6 rings (SSSR count). The molecule has 5 saturated carbocycles. The van der Waals surface area contributed by atoms with Crippen molar-refractivity contribution in [2.24, 2.45) is 51.2 Å². The highest BCUT2D eigenvalue weighted by atomic mass is 16.4. The fourth-order valence-corrected chi connectivity index (χ4v) is 12.4. The van der Waals surface area contributed by atoms with E-state index in [9.17, 15) is 9.59 Å². The van der Waals surface area contributed by atoms with Crippen molar-refractivity contribution < 1.29 is 14.7 Å². The number of carbonyl (C=O) groups excluding carboxylic acids is 1. The standard InChI is InChI=1S/C37H54O3/c1-34(2)30-17-20-35(3)28-16-22-37(24-26-11-7-10-25(23-26)9-5-6-13-33(39)40)19-8-12-29(37)27(28)14-15-31(35)36(30,4)21-18-32(34)38/h7,10-11,23,27-31H,5-6,8-9,12-22,24H2,1-4H3,(H,39,40). The number of unbranched alkanes of at least 4 members (excludes halogenated alkanes) is 1. The van der Waals surface area contributed by atoms with Crippen molar-refractivity contribution in [2.45, 2.75) is 130 Å². The molecule has 1 N–H and O–H groups in total. The van der Waals surface area contributed by atoms with Gasteiger partial charge in [0.2, 0.25) is 0 Å².